The van der Waals surface area contributed by atoms with Crippen molar-refractivity contribution in [1.82, 2.24) is 20.4 Å². The van der Waals surface area contributed by atoms with E-state index in [1.807, 2.05) is 30.3 Å². The molecule has 0 aliphatic rings. The topological polar surface area (TPSA) is 104 Å². The highest BCUT2D eigenvalue weighted by Gasteiger charge is 2.19. The fourth-order valence-corrected chi connectivity index (χ4v) is 2.83. The van der Waals surface area contributed by atoms with E-state index in [0.29, 0.717) is 12.2 Å². The molecule has 0 bridgehead atoms. The zero-order chi connectivity index (χ0) is 19.4. The van der Waals surface area contributed by atoms with E-state index >= 15 is 0 Å². The quantitative estimate of drug-likeness (QED) is 0.481. The molecule has 0 atom stereocenters. The molecule has 4 aromatic rings. The van der Waals surface area contributed by atoms with Crippen molar-refractivity contribution < 1.29 is 14.6 Å². The van der Waals surface area contributed by atoms with Crippen molar-refractivity contribution in [2.45, 2.75) is 26.4 Å². The Balaban J connectivity index is 0.000000156. The molecule has 0 spiro atoms. The molecule has 27 heavy (non-hydrogen) atoms. The van der Waals surface area contributed by atoms with E-state index in [9.17, 15) is 9.90 Å². The number of aromatic nitrogens is 4. The molecule has 0 radical (unpaired) electrons. The number of rotatable bonds is 3. The van der Waals surface area contributed by atoms with Crippen LogP contribution in [0.3, 0.4) is 0 Å². The Labute approximate surface area is 156 Å². The first kappa shape index (κ1) is 18.6. The maximum atomic E-state index is 11.5. The SMILES string of the molecule is CC(C)(O)c1cccc2cn[nH]c12.CCOC(=O)c1cccc2cn[nH]c12. The minimum atomic E-state index is -0.827. The Hall–Kier alpha value is -3.19. The van der Waals surface area contributed by atoms with E-state index < -0.39 is 5.60 Å². The van der Waals surface area contributed by atoms with Gasteiger partial charge in [-0.1, -0.05) is 30.3 Å². The lowest BCUT2D eigenvalue weighted by Gasteiger charge is -2.18. The summed E-state index contributed by atoms with van der Waals surface area (Å²) in [5.74, 6) is -0.317. The van der Waals surface area contributed by atoms with E-state index in [2.05, 4.69) is 20.4 Å². The molecule has 0 saturated heterocycles. The zero-order valence-corrected chi connectivity index (χ0v) is 15.5. The van der Waals surface area contributed by atoms with Gasteiger partial charge in [0.25, 0.3) is 0 Å². The van der Waals surface area contributed by atoms with Crippen molar-refractivity contribution in [3.8, 4) is 0 Å². The number of carbonyl (C=O) groups excluding carboxylic acids is 1. The third-order valence-electron chi connectivity index (χ3n) is 4.11. The summed E-state index contributed by atoms with van der Waals surface area (Å²) < 4.78 is 4.92. The van der Waals surface area contributed by atoms with Crippen molar-refractivity contribution in [3.63, 3.8) is 0 Å². The van der Waals surface area contributed by atoms with Gasteiger partial charge in [-0.2, -0.15) is 10.2 Å². The molecule has 0 saturated carbocycles. The average Bonchev–Trinajstić information content (AvgIpc) is 3.29. The first-order chi connectivity index (χ1) is 12.9. The van der Waals surface area contributed by atoms with Crippen LogP contribution in [0.4, 0.5) is 0 Å². The molecule has 140 valence electrons. The van der Waals surface area contributed by atoms with Gasteiger partial charge in [0.1, 0.15) is 0 Å². The monoisotopic (exact) mass is 366 g/mol. The highest BCUT2D eigenvalue weighted by Crippen LogP contribution is 2.26. The molecular formula is C20H22N4O3. The number of carbonyl (C=O) groups is 1. The number of nitrogens with one attached hydrogen (secondary N) is 2. The second-order valence-electron chi connectivity index (χ2n) is 6.56. The number of H-pyrrole nitrogens is 2. The third kappa shape index (κ3) is 3.98. The maximum absolute atomic E-state index is 11.5. The van der Waals surface area contributed by atoms with Crippen molar-refractivity contribution >= 4 is 27.8 Å². The molecule has 3 N–H and O–H groups in total. The fourth-order valence-electron chi connectivity index (χ4n) is 2.83. The number of ether oxygens (including phenoxy) is 1. The van der Waals surface area contributed by atoms with Crippen LogP contribution in [-0.4, -0.2) is 38.1 Å². The van der Waals surface area contributed by atoms with Gasteiger partial charge >= 0.3 is 5.97 Å². The van der Waals surface area contributed by atoms with Gasteiger partial charge in [-0.3, -0.25) is 10.2 Å². The molecule has 0 fully saturated rings. The number of hydrogen-bond acceptors (Lipinski definition) is 5. The molecule has 0 amide bonds. The van der Waals surface area contributed by atoms with E-state index in [4.69, 9.17) is 4.74 Å². The molecule has 2 heterocycles. The summed E-state index contributed by atoms with van der Waals surface area (Å²) in [4.78, 5) is 11.5. The van der Waals surface area contributed by atoms with Crippen LogP contribution in [0.2, 0.25) is 0 Å². The summed E-state index contributed by atoms with van der Waals surface area (Å²) >= 11 is 0. The lowest BCUT2D eigenvalue weighted by Crippen LogP contribution is -2.15. The fraction of sp³-hybridized carbons (Fsp3) is 0.250. The van der Waals surface area contributed by atoms with E-state index in [1.165, 1.54) is 0 Å². The number of aliphatic hydroxyl groups is 1. The van der Waals surface area contributed by atoms with Crippen LogP contribution in [0.5, 0.6) is 0 Å². The number of fused-ring (bicyclic) bond motifs is 2. The van der Waals surface area contributed by atoms with Gasteiger partial charge in [0.15, 0.2) is 0 Å². The molecule has 0 unspecified atom stereocenters. The Morgan fingerprint density at radius 2 is 1.63 bits per heavy atom. The highest BCUT2D eigenvalue weighted by molar-refractivity contribution is 6.02. The summed E-state index contributed by atoms with van der Waals surface area (Å²) in [6.45, 7) is 5.69. The Morgan fingerprint density at radius 1 is 1.04 bits per heavy atom. The lowest BCUT2D eigenvalue weighted by molar-refractivity contribution is 0.0528. The number of esters is 1. The number of aromatic amines is 2. The van der Waals surface area contributed by atoms with Gasteiger partial charge in [-0.15, -0.1) is 0 Å². The second kappa shape index (κ2) is 7.59. The van der Waals surface area contributed by atoms with Crippen LogP contribution in [0.15, 0.2) is 48.8 Å². The summed E-state index contributed by atoms with van der Waals surface area (Å²) in [5, 5.41) is 25.3. The lowest BCUT2D eigenvalue weighted by atomic mass is 9.96. The predicted molar refractivity (Wildman–Crippen MR) is 103 cm³/mol. The Kier molecular flexibility index (Phi) is 5.23. The van der Waals surface area contributed by atoms with Crippen molar-refractivity contribution in [2.75, 3.05) is 6.61 Å². The summed E-state index contributed by atoms with van der Waals surface area (Å²) in [5.41, 5.74) is 2.22. The molecular weight excluding hydrogens is 344 g/mol. The first-order valence-electron chi connectivity index (χ1n) is 8.66. The minimum Gasteiger partial charge on any atom is -0.462 e. The first-order valence-corrected chi connectivity index (χ1v) is 8.66. The molecule has 2 aromatic carbocycles. The summed E-state index contributed by atoms with van der Waals surface area (Å²) in [7, 11) is 0. The highest BCUT2D eigenvalue weighted by atomic mass is 16.5. The van der Waals surface area contributed by atoms with Crippen molar-refractivity contribution in [2.24, 2.45) is 0 Å². The van der Waals surface area contributed by atoms with Gasteiger partial charge in [0, 0.05) is 16.3 Å². The largest absolute Gasteiger partial charge is 0.462 e. The number of benzene rings is 2. The van der Waals surface area contributed by atoms with Crippen LogP contribution in [0.1, 0.15) is 36.7 Å². The number of para-hydroxylation sites is 2. The van der Waals surface area contributed by atoms with Gasteiger partial charge in [-0.05, 0) is 26.8 Å². The maximum Gasteiger partial charge on any atom is 0.340 e. The molecule has 0 aliphatic carbocycles. The average molecular weight is 366 g/mol. The minimum absolute atomic E-state index is 0.317. The normalized spacial score (nSPS) is 11.3. The smallest absolute Gasteiger partial charge is 0.340 e. The van der Waals surface area contributed by atoms with Crippen LogP contribution in [-0.2, 0) is 10.3 Å². The van der Waals surface area contributed by atoms with Crippen LogP contribution < -0.4 is 0 Å². The van der Waals surface area contributed by atoms with Gasteiger partial charge < -0.3 is 9.84 Å². The molecule has 0 aliphatic heterocycles. The van der Waals surface area contributed by atoms with Crippen molar-refractivity contribution in [3.05, 3.63) is 59.9 Å². The number of nitrogens with zero attached hydrogens (tertiary/aromatic N) is 2. The third-order valence-corrected chi connectivity index (χ3v) is 4.11. The summed E-state index contributed by atoms with van der Waals surface area (Å²) in [6, 6.07) is 11.2. The van der Waals surface area contributed by atoms with Gasteiger partial charge in [0.2, 0.25) is 0 Å². The van der Waals surface area contributed by atoms with E-state index in [0.717, 1.165) is 27.4 Å². The molecule has 7 nitrogen and oxygen atoms in total. The van der Waals surface area contributed by atoms with Crippen LogP contribution in [0, 0.1) is 0 Å². The summed E-state index contributed by atoms with van der Waals surface area (Å²) in [6.07, 6.45) is 3.43. The van der Waals surface area contributed by atoms with Gasteiger partial charge in [0.05, 0.1) is 41.2 Å². The second-order valence-corrected chi connectivity index (χ2v) is 6.56. The van der Waals surface area contributed by atoms with Gasteiger partial charge in [-0.25, -0.2) is 4.79 Å². The Morgan fingerprint density at radius 3 is 2.26 bits per heavy atom. The standard InChI is InChI=1S/C10H10N2O2.C10H12N2O/c1-2-14-10(13)8-5-3-4-7-6-11-12-9(7)8;1-10(2,13)8-5-3-4-7-6-11-12-9(7)8/h3-6H,2H2,1H3,(H,11,12);3-6,13H,1-2H3,(H,11,12). The van der Waals surface area contributed by atoms with Crippen molar-refractivity contribution in [1.29, 1.82) is 0 Å². The molecule has 2 aromatic heterocycles. The molecule has 7 heteroatoms. The Bertz CT molecular complexity index is 1060. The van der Waals surface area contributed by atoms with E-state index in [-0.39, 0.29) is 5.97 Å². The van der Waals surface area contributed by atoms with Crippen LogP contribution in [0.25, 0.3) is 21.8 Å². The van der Waals surface area contributed by atoms with Crippen LogP contribution >= 0.6 is 0 Å². The predicted octanol–water partition coefficient (Wildman–Crippen LogP) is 3.53. The number of hydrogen-bond donors (Lipinski definition) is 3. The molecule has 4 rings (SSSR count). The zero-order valence-electron chi connectivity index (χ0n) is 15.5. The van der Waals surface area contributed by atoms with E-state index in [1.54, 1.807) is 39.2 Å².